The Morgan fingerprint density at radius 1 is 0.536 bits per heavy atom. The van der Waals surface area contributed by atoms with Gasteiger partial charge in [0.15, 0.2) is 0 Å². The molecule has 0 aromatic heterocycles. The smallest absolute Gasteiger partial charge is 0.328 e. The molecule has 0 saturated carbocycles. The number of aliphatic hydroxyl groups excluding tert-OH is 1. The molecule has 4 N–H and O–H groups in total. The van der Waals surface area contributed by atoms with E-state index in [1.807, 2.05) is 0 Å². The second-order valence-electron chi connectivity index (χ2n) is 15.8. The zero-order valence-corrected chi connectivity index (χ0v) is 36.1. The monoisotopic (exact) mass is 791 g/mol. The number of hydrogen-bond acceptors (Lipinski definition) is 6. The number of unbranched alkanes of at least 4 members (excludes halogenated alkanes) is 24. The number of rotatable bonds is 42. The van der Waals surface area contributed by atoms with Crippen molar-refractivity contribution in [2.45, 2.75) is 238 Å². The zero-order valence-electron chi connectivity index (χ0n) is 36.1. The van der Waals surface area contributed by atoms with Crippen LogP contribution in [0.15, 0.2) is 24.3 Å². The lowest BCUT2D eigenvalue weighted by atomic mass is 10.0. The summed E-state index contributed by atoms with van der Waals surface area (Å²) in [4.78, 5) is 47.6. The lowest BCUT2D eigenvalue weighted by Gasteiger charge is -2.18. The average Bonchev–Trinajstić information content (AvgIpc) is 3.18. The fourth-order valence-corrected chi connectivity index (χ4v) is 6.85. The number of aliphatic hydroxyl groups is 1. The van der Waals surface area contributed by atoms with E-state index in [2.05, 4.69) is 48.8 Å². The SMILES string of the molecule is CCCC/C=C\C/C=C\CCCCCCCC(=O)OC(CCCCCCCCCCCCCCCC)CCCCCCCC(=O)NCC(=O)NC(CO)C(=O)O. The minimum absolute atomic E-state index is 0.0171. The van der Waals surface area contributed by atoms with Crippen LogP contribution in [0, 0.1) is 0 Å². The van der Waals surface area contributed by atoms with Crippen molar-refractivity contribution in [2.75, 3.05) is 13.2 Å². The van der Waals surface area contributed by atoms with Crippen LogP contribution >= 0.6 is 0 Å². The van der Waals surface area contributed by atoms with E-state index in [1.165, 1.54) is 116 Å². The largest absolute Gasteiger partial charge is 0.480 e. The highest BCUT2D eigenvalue weighted by molar-refractivity contribution is 5.87. The summed E-state index contributed by atoms with van der Waals surface area (Å²) in [5.74, 6) is -2.29. The summed E-state index contributed by atoms with van der Waals surface area (Å²) in [6.45, 7) is 3.46. The molecular formula is C47H86N2O7. The molecule has 0 rings (SSSR count). The van der Waals surface area contributed by atoms with Gasteiger partial charge in [0, 0.05) is 12.8 Å². The third-order valence-corrected chi connectivity index (χ3v) is 10.5. The lowest BCUT2D eigenvalue weighted by Crippen LogP contribution is -2.47. The van der Waals surface area contributed by atoms with E-state index in [0.717, 1.165) is 77.0 Å². The number of nitrogens with one attached hydrogen (secondary N) is 2. The molecule has 2 atom stereocenters. The first kappa shape index (κ1) is 53.3. The van der Waals surface area contributed by atoms with Gasteiger partial charge in [-0.2, -0.15) is 0 Å². The molecular weight excluding hydrogens is 705 g/mol. The number of carboxylic acids is 1. The van der Waals surface area contributed by atoms with E-state index < -0.39 is 24.5 Å². The van der Waals surface area contributed by atoms with Crippen molar-refractivity contribution in [1.29, 1.82) is 0 Å². The minimum atomic E-state index is -1.38. The zero-order chi connectivity index (χ0) is 41.2. The summed E-state index contributed by atoms with van der Waals surface area (Å²) in [6.07, 6.45) is 46.3. The number of hydrogen-bond donors (Lipinski definition) is 4. The molecule has 0 aromatic rings. The molecule has 0 radical (unpaired) electrons. The number of ether oxygens (including phenoxy) is 1. The summed E-state index contributed by atoms with van der Waals surface area (Å²) >= 11 is 0. The summed E-state index contributed by atoms with van der Waals surface area (Å²) < 4.78 is 6.04. The molecule has 0 fully saturated rings. The first-order valence-corrected chi connectivity index (χ1v) is 23.2. The Balaban J connectivity index is 4.33. The first-order valence-electron chi connectivity index (χ1n) is 23.2. The van der Waals surface area contributed by atoms with Gasteiger partial charge in [-0.1, -0.05) is 173 Å². The van der Waals surface area contributed by atoms with E-state index in [4.69, 9.17) is 14.9 Å². The average molecular weight is 791 g/mol. The van der Waals surface area contributed by atoms with Crippen molar-refractivity contribution < 1.29 is 34.1 Å². The van der Waals surface area contributed by atoms with Crippen molar-refractivity contribution in [3.63, 3.8) is 0 Å². The van der Waals surface area contributed by atoms with Gasteiger partial charge in [-0.05, 0) is 64.2 Å². The Hall–Kier alpha value is -2.68. The number of allylic oxidation sites excluding steroid dienone is 4. The molecule has 0 saturated heterocycles. The first-order chi connectivity index (χ1) is 27.3. The summed E-state index contributed by atoms with van der Waals surface area (Å²) in [5, 5.41) is 22.6. The topological polar surface area (TPSA) is 142 Å². The normalized spacial score (nSPS) is 12.6. The van der Waals surface area contributed by atoms with E-state index in [0.29, 0.717) is 19.3 Å². The number of carbonyl (C=O) groups is 4. The summed E-state index contributed by atoms with van der Waals surface area (Å²) in [5.41, 5.74) is 0. The van der Waals surface area contributed by atoms with Gasteiger partial charge in [-0.3, -0.25) is 14.4 Å². The van der Waals surface area contributed by atoms with E-state index in [1.54, 1.807) is 0 Å². The molecule has 2 amide bonds. The van der Waals surface area contributed by atoms with Crippen molar-refractivity contribution in [3.8, 4) is 0 Å². The maximum Gasteiger partial charge on any atom is 0.328 e. The van der Waals surface area contributed by atoms with Crippen LogP contribution in [0.2, 0.25) is 0 Å². The van der Waals surface area contributed by atoms with Crippen LogP contribution < -0.4 is 10.6 Å². The van der Waals surface area contributed by atoms with Gasteiger partial charge in [0.25, 0.3) is 0 Å². The van der Waals surface area contributed by atoms with Crippen LogP contribution in [0.4, 0.5) is 0 Å². The molecule has 0 aliphatic carbocycles. The molecule has 9 nitrogen and oxygen atoms in total. The number of esters is 1. The van der Waals surface area contributed by atoms with Gasteiger partial charge in [0.2, 0.25) is 11.8 Å². The lowest BCUT2D eigenvalue weighted by molar-refractivity contribution is -0.150. The van der Waals surface area contributed by atoms with Crippen LogP contribution in [0.5, 0.6) is 0 Å². The molecule has 9 heteroatoms. The molecule has 56 heavy (non-hydrogen) atoms. The predicted octanol–water partition coefficient (Wildman–Crippen LogP) is 11.6. The highest BCUT2D eigenvalue weighted by Crippen LogP contribution is 2.19. The van der Waals surface area contributed by atoms with Gasteiger partial charge in [-0.25, -0.2) is 4.79 Å². The molecule has 0 heterocycles. The molecule has 0 aromatic carbocycles. The molecule has 0 spiro atoms. The fraction of sp³-hybridized carbons (Fsp3) is 0.830. The number of carbonyl (C=O) groups excluding carboxylic acids is 3. The van der Waals surface area contributed by atoms with Crippen LogP contribution in [-0.4, -0.2) is 59.3 Å². The van der Waals surface area contributed by atoms with Crippen molar-refractivity contribution in [3.05, 3.63) is 24.3 Å². The summed E-state index contributed by atoms with van der Waals surface area (Å²) in [6, 6.07) is -1.38. The Bertz CT molecular complexity index is 999. The molecule has 326 valence electrons. The van der Waals surface area contributed by atoms with Crippen LogP contribution in [0.3, 0.4) is 0 Å². The Morgan fingerprint density at radius 2 is 0.982 bits per heavy atom. The highest BCUT2D eigenvalue weighted by atomic mass is 16.5. The molecule has 0 bridgehead atoms. The maximum absolute atomic E-state index is 12.8. The Labute approximate surface area is 343 Å². The molecule has 2 unspecified atom stereocenters. The minimum Gasteiger partial charge on any atom is -0.480 e. The molecule has 0 aliphatic heterocycles. The number of carboxylic acid groups (broad SMARTS) is 1. The second kappa shape index (κ2) is 41.9. The summed E-state index contributed by atoms with van der Waals surface area (Å²) in [7, 11) is 0. The van der Waals surface area contributed by atoms with Crippen LogP contribution in [0.1, 0.15) is 226 Å². The number of aliphatic carboxylic acids is 1. The Morgan fingerprint density at radius 3 is 1.48 bits per heavy atom. The van der Waals surface area contributed by atoms with Crippen molar-refractivity contribution in [2.24, 2.45) is 0 Å². The highest BCUT2D eigenvalue weighted by Gasteiger charge is 2.19. The fourth-order valence-electron chi connectivity index (χ4n) is 6.85. The van der Waals surface area contributed by atoms with Gasteiger partial charge in [0.1, 0.15) is 12.1 Å². The third-order valence-electron chi connectivity index (χ3n) is 10.5. The van der Waals surface area contributed by atoms with Crippen LogP contribution in [-0.2, 0) is 23.9 Å². The van der Waals surface area contributed by atoms with E-state index in [9.17, 15) is 19.2 Å². The quantitative estimate of drug-likeness (QED) is 0.0274. The van der Waals surface area contributed by atoms with Gasteiger partial charge in [0.05, 0.1) is 13.2 Å². The van der Waals surface area contributed by atoms with Gasteiger partial charge < -0.3 is 25.6 Å². The van der Waals surface area contributed by atoms with E-state index in [-0.39, 0.29) is 24.5 Å². The maximum atomic E-state index is 12.8. The van der Waals surface area contributed by atoms with Crippen molar-refractivity contribution in [1.82, 2.24) is 10.6 Å². The third kappa shape index (κ3) is 38.2. The van der Waals surface area contributed by atoms with Gasteiger partial charge >= 0.3 is 11.9 Å². The van der Waals surface area contributed by atoms with E-state index >= 15 is 0 Å². The van der Waals surface area contributed by atoms with Gasteiger partial charge in [-0.15, -0.1) is 0 Å². The predicted molar refractivity (Wildman–Crippen MR) is 232 cm³/mol. The number of amides is 2. The molecule has 0 aliphatic rings. The Kier molecular flexibility index (Phi) is 39.9. The standard InChI is InChI=1S/C47H86N2O7/c1-3-5-7-9-11-13-15-17-19-21-23-25-28-32-36-42(56-46(53)39-35-31-26-24-22-20-18-16-14-12-10-8-6-4-2)37-33-29-27-30-34-38-44(51)48-40-45(52)49-43(41-50)47(54)55/h10,12,16,18,42-43,50H,3-9,11,13-15,17,19-41H2,1-2H3,(H,48,51)(H,49,52)(H,54,55)/b12-10-,18-16-. The van der Waals surface area contributed by atoms with Crippen molar-refractivity contribution >= 4 is 23.8 Å². The second-order valence-corrected chi connectivity index (χ2v) is 15.8. The van der Waals surface area contributed by atoms with Crippen LogP contribution in [0.25, 0.3) is 0 Å².